The van der Waals surface area contributed by atoms with E-state index in [0.717, 1.165) is 11.0 Å². The predicted octanol–water partition coefficient (Wildman–Crippen LogP) is 6.98. The number of phenols is 1. The van der Waals surface area contributed by atoms with Crippen molar-refractivity contribution in [3.05, 3.63) is 78.4 Å². The number of aromatic nitrogens is 1. The van der Waals surface area contributed by atoms with Gasteiger partial charge >= 0.3 is 5.38 Å². The van der Waals surface area contributed by atoms with Crippen LogP contribution in [0, 0.1) is 22.6 Å². The van der Waals surface area contributed by atoms with Crippen molar-refractivity contribution in [3.8, 4) is 11.8 Å². The molecule has 246 valence electrons. The van der Waals surface area contributed by atoms with Gasteiger partial charge in [-0.25, -0.2) is 4.39 Å². The highest BCUT2D eigenvalue weighted by molar-refractivity contribution is 7.99. The third kappa shape index (κ3) is 5.74. The van der Waals surface area contributed by atoms with Crippen LogP contribution >= 0.6 is 46.6 Å². The van der Waals surface area contributed by atoms with E-state index >= 15 is 4.39 Å². The number of pyridine rings is 1. The van der Waals surface area contributed by atoms with Crippen molar-refractivity contribution in [1.82, 2.24) is 9.88 Å². The first-order valence-electron chi connectivity index (χ1n) is 14.4. The molecule has 0 unspecified atom stereocenters. The Kier molecular flexibility index (Phi) is 8.72. The lowest BCUT2D eigenvalue weighted by molar-refractivity contribution is -0.125. The number of carbonyl (C=O) groups excluding carboxylic acids is 2. The fourth-order valence-corrected chi connectivity index (χ4v) is 8.11. The third-order valence-electron chi connectivity index (χ3n) is 8.85. The number of hydrogen-bond acceptors (Lipinski definition) is 7. The van der Waals surface area contributed by atoms with Gasteiger partial charge in [-0.3, -0.25) is 14.4 Å². The molecule has 2 aliphatic heterocycles. The van der Waals surface area contributed by atoms with Crippen molar-refractivity contribution >= 4 is 64.1 Å². The molecule has 1 spiro atoms. The number of nitrogens with zero attached hydrogens (tertiary/aromatic N) is 3. The molecule has 6 rings (SSSR count). The molecular weight excluding hydrogens is 704 g/mol. The average molecular weight is 728 g/mol. The van der Waals surface area contributed by atoms with Crippen molar-refractivity contribution in [2.75, 3.05) is 11.4 Å². The number of halogens is 6. The zero-order valence-electron chi connectivity index (χ0n) is 24.2. The number of carbonyl (C=O) groups is 2. The van der Waals surface area contributed by atoms with Gasteiger partial charge in [-0.15, -0.1) is 0 Å². The predicted molar refractivity (Wildman–Crippen MR) is 167 cm³/mol. The zero-order valence-corrected chi connectivity index (χ0v) is 27.3. The molecule has 2 amide bonds. The SMILES string of the molecule is N#CC[C@H]1c2c(cc(N3CCCC4(CC4)C3=O)c(O)c2F)CN1C(=O)c1c(Sc2c(Cl)ccc(CO)c2Cl)cc(C(F)(F)Cl)[nH]c1=O. The molecule has 0 radical (unpaired) electrons. The van der Waals surface area contributed by atoms with Gasteiger partial charge in [-0.05, 0) is 66.6 Å². The van der Waals surface area contributed by atoms with E-state index in [2.05, 4.69) is 0 Å². The number of H-pyrrole nitrogens is 1. The number of piperidine rings is 1. The van der Waals surface area contributed by atoms with Gasteiger partial charge < -0.3 is 25.0 Å². The normalized spacial score (nSPS) is 18.4. The highest BCUT2D eigenvalue weighted by Crippen LogP contribution is 2.55. The maximum atomic E-state index is 16.0. The average Bonchev–Trinajstić information content (AvgIpc) is 3.70. The number of alkyl halides is 3. The maximum absolute atomic E-state index is 16.0. The smallest absolute Gasteiger partial charge is 0.362 e. The van der Waals surface area contributed by atoms with Gasteiger partial charge in [-0.2, -0.15) is 14.0 Å². The Hall–Kier alpha value is -3.41. The summed E-state index contributed by atoms with van der Waals surface area (Å²) in [7, 11) is 0. The number of phenolic OH excluding ortho intramolecular Hbond substituents is 1. The van der Waals surface area contributed by atoms with Crippen molar-refractivity contribution in [2.45, 2.75) is 66.5 Å². The van der Waals surface area contributed by atoms with Crippen LogP contribution in [0.5, 0.6) is 5.75 Å². The van der Waals surface area contributed by atoms with E-state index in [0.29, 0.717) is 37.4 Å². The second-order valence-electron chi connectivity index (χ2n) is 11.6. The van der Waals surface area contributed by atoms with Crippen LogP contribution in [-0.2, 0) is 23.3 Å². The van der Waals surface area contributed by atoms with Crippen molar-refractivity contribution in [2.24, 2.45) is 5.41 Å². The van der Waals surface area contributed by atoms with Crippen LogP contribution in [0.3, 0.4) is 0 Å². The molecule has 1 saturated heterocycles. The number of nitrogens with one attached hydrogen (secondary N) is 1. The molecule has 1 atom stereocenters. The van der Waals surface area contributed by atoms with Crippen molar-refractivity contribution in [3.63, 3.8) is 0 Å². The number of anilines is 1. The van der Waals surface area contributed by atoms with Gasteiger partial charge in [0.25, 0.3) is 11.5 Å². The summed E-state index contributed by atoms with van der Waals surface area (Å²) in [6.07, 6.45) is 2.31. The van der Waals surface area contributed by atoms with Crippen LogP contribution in [-0.4, -0.2) is 38.5 Å². The molecule has 1 aliphatic carbocycles. The fraction of sp³-hybridized carbons (Fsp3) is 0.355. The first-order chi connectivity index (χ1) is 22.2. The number of aromatic hydroxyl groups is 1. The van der Waals surface area contributed by atoms with Gasteiger partial charge in [0.15, 0.2) is 11.6 Å². The van der Waals surface area contributed by atoms with Gasteiger partial charge in [0.2, 0.25) is 5.91 Å². The van der Waals surface area contributed by atoms with E-state index < -0.39 is 64.2 Å². The number of nitriles is 1. The molecule has 9 nitrogen and oxygen atoms in total. The molecule has 3 aromatic rings. The number of benzene rings is 2. The second-order valence-corrected chi connectivity index (χ2v) is 14.0. The van der Waals surface area contributed by atoms with Gasteiger partial charge in [0.1, 0.15) is 11.3 Å². The summed E-state index contributed by atoms with van der Waals surface area (Å²) in [6, 6.07) is 5.62. The van der Waals surface area contributed by atoms with E-state index in [1.165, 1.54) is 23.1 Å². The number of fused-ring (bicyclic) bond motifs is 1. The number of aliphatic hydroxyl groups is 1. The molecular formula is C31H24Cl3F3N4O5S. The van der Waals surface area contributed by atoms with E-state index in [9.17, 15) is 38.6 Å². The molecule has 1 aromatic heterocycles. The Balaban J connectivity index is 1.44. The molecule has 2 fully saturated rings. The van der Waals surface area contributed by atoms with Crippen molar-refractivity contribution in [1.29, 1.82) is 5.26 Å². The van der Waals surface area contributed by atoms with Gasteiger partial charge in [0.05, 0.1) is 40.9 Å². The fourth-order valence-electron chi connectivity index (χ4n) is 6.28. The molecule has 2 aromatic carbocycles. The summed E-state index contributed by atoms with van der Waals surface area (Å²) >= 11 is 18.6. The van der Waals surface area contributed by atoms with E-state index in [-0.39, 0.29) is 61.2 Å². The zero-order chi connectivity index (χ0) is 34.0. The van der Waals surface area contributed by atoms with Crippen LogP contribution in [0.1, 0.15) is 70.9 Å². The highest BCUT2D eigenvalue weighted by Gasteiger charge is 2.54. The minimum Gasteiger partial charge on any atom is -0.503 e. The second kappa shape index (κ2) is 12.2. The lowest BCUT2D eigenvalue weighted by Crippen LogP contribution is -2.42. The first-order valence-corrected chi connectivity index (χ1v) is 16.3. The lowest BCUT2D eigenvalue weighted by Gasteiger charge is -2.33. The van der Waals surface area contributed by atoms with Crippen LogP contribution in [0.2, 0.25) is 10.0 Å². The molecule has 3 heterocycles. The molecule has 16 heteroatoms. The lowest BCUT2D eigenvalue weighted by atomic mass is 9.92. The molecule has 3 N–H and O–H groups in total. The number of rotatable bonds is 7. The molecule has 1 saturated carbocycles. The summed E-state index contributed by atoms with van der Waals surface area (Å²) in [6.45, 7) is -0.578. The van der Waals surface area contributed by atoms with Gasteiger partial charge in [0, 0.05) is 33.9 Å². The van der Waals surface area contributed by atoms with E-state index in [1.54, 1.807) is 0 Å². The minimum absolute atomic E-state index is 0.0244. The highest BCUT2D eigenvalue weighted by atomic mass is 35.5. The summed E-state index contributed by atoms with van der Waals surface area (Å²) in [5.74, 6) is -3.18. The molecule has 0 bridgehead atoms. The monoisotopic (exact) mass is 726 g/mol. The summed E-state index contributed by atoms with van der Waals surface area (Å²) < 4.78 is 44.5. The van der Waals surface area contributed by atoms with Crippen LogP contribution in [0.4, 0.5) is 18.9 Å². The third-order valence-corrected chi connectivity index (χ3v) is 11.2. The summed E-state index contributed by atoms with van der Waals surface area (Å²) in [5.41, 5.74) is -3.26. The van der Waals surface area contributed by atoms with Gasteiger partial charge in [-0.1, -0.05) is 41.0 Å². The minimum atomic E-state index is -4.05. The number of amides is 2. The number of aromatic amines is 1. The van der Waals surface area contributed by atoms with E-state index in [1.807, 2.05) is 11.1 Å². The quantitative estimate of drug-likeness (QED) is 0.224. The van der Waals surface area contributed by atoms with E-state index in [4.69, 9.17) is 34.8 Å². The Morgan fingerprint density at radius 3 is 2.57 bits per heavy atom. The Labute approximate surface area is 284 Å². The molecule has 47 heavy (non-hydrogen) atoms. The van der Waals surface area contributed by atoms with Crippen LogP contribution in [0.25, 0.3) is 0 Å². The van der Waals surface area contributed by atoms with Crippen molar-refractivity contribution < 1.29 is 33.0 Å². The molecule has 3 aliphatic rings. The standard InChI is InChI=1S/C31H24Cl3F3N4O5S/c32-16-3-2-14(13-42)23(33)26(16)47-19-11-20(31(34,36)37)39-27(44)22(19)28(45)41-12-15-10-18(25(43)24(35)21(15)17(41)4-8-38)40-9-1-5-30(6-7-30)29(40)46/h2-3,10-11,17,42-43H,1,4-7,9,12-13H2,(H,39,44)/t17-/m0/s1. The Morgan fingerprint density at radius 2 is 1.94 bits per heavy atom. The van der Waals surface area contributed by atoms with Crippen LogP contribution in [0.15, 0.2) is 38.9 Å². The van der Waals surface area contributed by atoms with Crippen LogP contribution < -0.4 is 10.5 Å². The summed E-state index contributed by atoms with van der Waals surface area (Å²) in [5, 5.41) is 26.2. The first kappa shape index (κ1) is 33.5. The topological polar surface area (TPSA) is 138 Å². The largest absolute Gasteiger partial charge is 0.503 e. The Bertz CT molecular complexity index is 1940. The number of hydrogen-bond donors (Lipinski definition) is 3. The summed E-state index contributed by atoms with van der Waals surface area (Å²) in [4.78, 5) is 44.9. The number of aliphatic hydroxyl groups excluding tert-OH is 1. The maximum Gasteiger partial charge on any atom is 0.362 e. The Morgan fingerprint density at radius 1 is 1.21 bits per heavy atom.